The summed E-state index contributed by atoms with van der Waals surface area (Å²) in [5, 5.41) is 0. The van der Waals surface area contributed by atoms with Gasteiger partial charge in [-0.15, -0.1) is 0 Å². The molecule has 1 fully saturated rings. The van der Waals surface area contributed by atoms with E-state index in [2.05, 4.69) is 0 Å². The zero-order valence-corrected chi connectivity index (χ0v) is 11.0. The number of ether oxygens (including phenoxy) is 3. The minimum atomic E-state index is -0.00837. The summed E-state index contributed by atoms with van der Waals surface area (Å²) in [7, 11) is 1.64. The Hall–Kier alpha value is -1.26. The van der Waals surface area contributed by atoms with Gasteiger partial charge in [0.25, 0.3) is 0 Å². The van der Waals surface area contributed by atoms with E-state index in [0.717, 1.165) is 36.5 Å². The lowest BCUT2D eigenvalue weighted by molar-refractivity contribution is 0.00643. The highest BCUT2D eigenvalue weighted by atomic mass is 16.5. The van der Waals surface area contributed by atoms with Gasteiger partial charge in [0.15, 0.2) is 11.5 Å². The summed E-state index contributed by atoms with van der Waals surface area (Å²) in [4.78, 5) is 0. The normalized spacial score (nSPS) is 21.4. The number of hydrogen-bond donors (Lipinski definition) is 1. The Morgan fingerprint density at radius 3 is 2.83 bits per heavy atom. The molecule has 2 N–H and O–H groups in total. The van der Waals surface area contributed by atoms with Crippen molar-refractivity contribution in [1.29, 1.82) is 0 Å². The summed E-state index contributed by atoms with van der Waals surface area (Å²) in [6.07, 6.45) is 2.19. The molecule has 0 aliphatic carbocycles. The van der Waals surface area contributed by atoms with Crippen LogP contribution in [0.4, 0.5) is 0 Å². The molecular weight excluding hydrogens is 230 g/mol. The Kier molecular flexibility index (Phi) is 4.44. The predicted molar refractivity (Wildman–Crippen MR) is 70.1 cm³/mol. The molecule has 0 radical (unpaired) electrons. The number of nitrogens with two attached hydrogens (primary N) is 1. The average molecular weight is 251 g/mol. The van der Waals surface area contributed by atoms with E-state index in [9.17, 15) is 0 Å². The van der Waals surface area contributed by atoms with E-state index in [0.29, 0.717) is 6.61 Å². The van der Waals surface area contributed by atoms with Crippen molar-refractivity contribution in [2.24, 2.45) is 5.73 Å². The summed E-state index contributed by atoms with van der Waals surface area (Å²) in [5.74, 6) is 1.49. The number of methoxy groups -OCH3 is 1. The van der Waals surface area contributed by atoms with Gasteiger partial charge in [-0.2, -0.15) is 0 Å². The molecule has 0 saturated carbocycles. The van der Waals surface area contributed by atoms with Crippen LogP contribution in [0.5, 0.6) is 11.5 Å². The highest BCUT2D eigenvalue weighted by molar-refractivity contribution is 5.43. The van der Waals surface area contributed by atoms with Crippen molar-refractivity contribution in [2.75, 3.05) is 20.3 Å². The van der Waals surface area contributed by atoms with E-state index in [4.69, 9.17) is 19.9 Å². The molecule has 0 amide bonds. The van der Waals surface area contributed by atoms with Crippen LogP contribution in [-0.4, -0.2) is 26.4 Å². The predicted octanol–water partition coefficient (Wildman–Crippen LogP) is 2.27. The number of benzene rings is 1. The van der Waals surface area contributed by atoms with Crippen molar-refractivity contribution in [3.63, 3.8) is 0 Å². The first-order chi connectivity index (χ1) is 8.70. The van der Waals surface area contributed by atoms with E-state index >= 15 is 0 Å². The largest absolute Gasteiger partial charge is 0.493 e. The fourth-order valence-electron chi connectivity index (χ4n) is 2.05. The first-order valence-corrected chi connectivity index (χ1v) is 6.38. The summed E-state index contributed by atoms with van der Waals surface area (Å²) < 4.78 is 16.7. The van der Waals surface area contributed by atoms with Crippen molar-refractivity contribution >= 4 is 0 Å². The standard InChI is InChI=1S/C14H21NO3/c1-10(15)11-5-6-13(14(8-11)16-2)18-12-4-3-7-17-9-12/h5-6,8,10,12H,3-4,7,9,15H2,1-2H3. The van der Waals surface area contributed by atoms with Crippen LogP contribution in [-0.2, 0) is 4.74 Å². The van der Waals surface area contributed by atoms with Crippen LogP contribution < -0.4 is 15.2 Å². The molecule has 4 nitrogen and oxygen atoms in total. The number of hydrogen-bond acceptors (Lipinski definition) is 4. The van der Waals surface area contributed by atoms with Crippen LogP contribution >= 0.6 is 0 Å². The second-order valence-electron chi connectivity index (χ2n) is 4.66. The van der Waals surface area contributed by atoms with Gasteiger partial charge in [0.1, 0.15) is 6.10 Å². The summed E-state index contributed by atoms with van der Waals surface area (Å²) in [5.41, 5.74) is 6.90. The highest BCUT2D eigenvalue weighted by Crippen LogP contribution is 2.31. The van der Waals surface area contributed by atoms with E-state index < -0.39 is 0 Å². The molecule has 1 heterocycles. The maximum atomic E-state index is 5.92. The minimum absolute atomic E-state index is 0.00837. The van der Waals surface area contributed by atoms with Gasteiger partial charge in [0.2, 0.25) is 0 Å². The summed E-state index contributed by atoms with van der Waals surface area (Å²) in [6, 6.07) is 5.83. The topological polar surface area (TPSA) is 53.7 Å². The molecule has 100 valence electrons. The van der Waals surface area contributed by atoms with Gasteiger partial charge in [0.05, 0.1) is 13.7 Å². The molecule has 2 atom stereocenters. The fourth-order valence-corrected chi connectivity index (χ4v) is 2.05. The zero-order chi connectivity index (χ0) is 13.0. The molecule has 4 heteroatoms. The Labute approximate surface area is 108 Å². The van der Waals surface area contributed by atoms with Gasteiger partial charge in [-0.25, -0.2) is 0 Å². The van der Waals surface area contributed by atoms with E-state index in [1.54, 1.807) is 7.11 Å². The Balaban J connectivity index is 2.11. The van der Waals surface area contributed by atoms with Gasteiger partial charge in [0, 0.05) is 12.6 Å². The summed E-state index contributed by atoms with van der Waals surface area (Å²) in [6.45, 7) is 3.43. The Morgan fingerprint density at radius 1 is 1.39 bits per heavy atom. The van der Waals surface area contributed by atoms with Gasteiger partial charge in [-0.1, -0.05) is 6.07 Å². The van der Waals surface area contributed by atoms with Crippen molar-refractivity contribution < 1.29 is 14.2 Å². The average Bonchev–Trinajstić information content (AvgIpc) is 2.40. The molecule has 2 unspecified atom stereocenters. The lowest BCUT2D eigenvalue weighted by Crippen LogP contribution is -2.28. The zero-order valence-electron chi connectivity index (χ0n) is 11.0. The van der Waals surface area contributed by atoms with E-state index in [1.807, 2.05) is 25.1 Å². The van der Waals surface area contributed by atoms with Crippen molar-refractivity contribution in [3.8, 4) is 11.5 Å². The second kappa shape index (κ2) is 6.07. The highest BCUT2D eigenvalue weighted by Gasteiger charge is 2.17. The maximum Gasteiger partial charge on any atom is 0.161 e. The first-order valence-electron chi connectivity index (χ1n) is 6.38. The SMILES string of the molecule is COc1cc(C(C)N)ccc1OC1CCCOC1. The van der Waals surface area contributed by atoms with E-state index in [1.165, 1.54) is 0 Å². The molecule has 1 saturated heterocycles. The second-order valence-corrected chi connectivity index (χ2v) is 4.66. The lowest BCUT2D eigenvalue weighted by Gasteiger charge is -2.24. The third-order valence-electron chi connectivity index (χ3n) is 3.13. The van der Waals surface area contributed by atoms with E-state index in [-0.39, 0.29) is 12.1 Å². The summed E-state index contributed by atoms with van der Waals surface area (Å²) >= 11 is 0. The minimum Gasteiger partial charge on any atom is -0.493 e. The molecular formula is C14H21NO3. The van der Waals surface area contributed by atoms with Gasteiger partial charge in [-0.05, 0) is 37.5 Å². The molecule has 0 bridgehead atoms. The van der Waals surface area contributed by atoms with Crippen LogP contribution in [0.3, 0.4) is 0 Å². The molecule has 2 rings (SSSR count). The van der Waals surface area contributed by atoms with Crippen LogP contribution in [0, 0.1) is 0 Å². The van der Waals surface area contributed by atoms with Crippen LogP contribution in [0.2, 0.25) is 0 Å². The van der Waals surface area contributed by atoms with Gasteiger partial charge < -0.3 is 19.9 Å². The number of rotatable bonds is 4. The molecule has 0 aromatic heterocycles. The molecule has 1 aliphatic heterocycles. The van der Waals surface area contributed by atoms with Crippen molar-refractivity contribution in [2.45, 2.75) is 31.9 Å². The Morgan fingerprint density at radius 2 is 2.22 bits per heavy atom. The molecule has 1 aliphatic rings. The van der Waals surface area contributed by atoms with Crippen LogP contribution in [0.1, 0.15) is 31.4 Å². The van der Waals surface area contributed by atoms with Gasteiger partial charge in [-0.3, -0.25) is 0 Å². The van der Waals surface area contributed by atoms with Gasteiger partial charge >= 0.3 is 0 Å². The quantitative estimate of drug-likeness (QED) is 0.892. The van der Waals surface area contributed by atoms with Crippen LogP contribution in [0.15, 0.2) is 18.2 Å². The van der Waals surface area contributed by atoms with Crippen molar-refractivity contribution in [3.05, 3.63) is 23.8 Å². The molecule has 18 heavy (non-hydrogen) atoms. The third-order valence-corrected chi connectivity index (χ3v) is 3.13. The molecule has 1 aromatic carbocycles. The Bertz CT molecular complexity index is 387. The first kappa shape index (κ1) is 13.2. The van der Waals surface area contributed by atoms with Crippen LogP contribution in [0.25, 0.3) is 0 Å². The maximum absolute atomic E-state index is 5.92. The van der Waals surface area contributed by atoms with Crippen molar-refractivity contribution in [1.82, 2.24) is 0 Å². The fraction of sp³-hybridized carbons (Fsp3) is 0.571. The third kappa shape index (κ3) is 3.15. The monoisotopic (exact) mass is 251 g/mol. The lowest BCUT2D eigenvalue weighted by atomic mass is 10.1. The smallest absolute Gasteiger partial charge is 0.161 e. The molecule has 0 spiro atoms. The molecule has 1 aromatic rings.